The summed E-state index contributed by atoms with van der Waals surface area (Å²) in [5.74, 6) is 1.72. The summed E-state index contributed by atoms with van der Waals surface area (Å²) in [6, 6.07) is 0. The molecule has 0 aliphatic carbocycles. The van der Waals surface area contributed by atoms with Crippen molar-refractivity contribution in [2.45, 2.75) is 26.7 Å². The van der Waals surface area contributed by atoms with Crippen molar-refractivity contribution in [1.82, 2.24) is 4.98 Å². The van der Waals surface area contributed by atoms with Gasteiger partial charge >= 0.3 is 0 Å². The number of rotatable bonds is 3. The minimum Gasteiger partial charge on any atom is -0.446 e. The van der Waals surface area contributed by atoms with Crippen LogP contribution < -0.4 is 5.73 Å². The molecule has 2 N–H and O–H groups in total. The van der Waals surface area contributed by atoms with Crippen LogP contribution >= 0.6 is 0 Å². The zero-order valence-corrected chi connectivity index (χ0v) is 7.05. The number of aromatic nitrogens is 1. The molecule has 0 aliphatic rings. The van der Waals surface area contributed by atoms with Crippen LogP contribution in [0.4, 0.5) is 0 Å². The molecule has 0 saturated carbocycles. The second kappa shape index (κ2) is 3.53. The monoisotopic (exact) mass is 154 g/mol. The van der Waals surface area contributed by atoms with Crippen LogP contribution in [-0.4, -0.2) is 11.5 Å². The molecule has 0 unspecified atom stereocenters. The third-order valence-electron chi connectivity index (χ3n) is 1.62. The van der Waals surface area contributed by atoms with Gasteiger partial charge in [-0.05, 0) is 13.5 Å². The summed E-state index contributed by atoms with van der Waals surface area (Å²) in [6.45, 7) is 4.59. The molecule has 0 aromatic carbocycles. The van der Waals surface area contributed by atoms with Crippen molar-refractivity contribution in [1.29, 1.82) is 0 Å². The lowest BCUT2D eigenvalue weighted by Gasteiger charge is -1.89. The van der Waals surface area contributed by atoms with E-state index < -0.39 is 0 Å². The maximum absolute atomic E-state index is 5.40. The molecule has 0 bridgehead atoms. The van der Waals surface area contributed by atoms with Gasteiger partial charge in [-0.1, -0.05) is 6.92 Å². The minimum atomic E-state index is 0.635. The molecular weight excluding hydrogens is 140 g/mol. The number of aryl methyl sites for hydroxylation is 2. The predicted octanol–water partition coefficient (Wildman–Crippen LogP) is 1.05. The van der Waals surface area contributed by atoms with Crippen LogP contribution in [-0.2, 0) is 12.8 Å². The van der Waals surface area contributed by atoms with Gasteiger partial charge in [0.15, 0.2) is 5.89 Å². The van der Waals surface area contributed by atoms with E-state index in [2.05, 4.69) is 4.98 Å². The first-order valence-electron chi connectivity index (χ1n) is 3.93. The fourth-order valence-electron chi connectivity index (χ4n) is 1.01. The van der Waals surface area contributed by atoms with Crippen molar-refractivity contribution < 1.29 is 4.42 Å². The van der Waals surface area contributed by atoms with Crippen molar-refractivity contribution >= 4 is 0 Å². The minimum absolute atomic E-state index is 0.635. The van der Waals surface area contributed by atoms with Crippen molar-refractivity contribution in [3.63, 3.8) is 0 Å². The molecule has 3 nitrogen and oxygen atoms in total. The third-order valence-corrected chi connectivity index (χ3v) is 1.62. The fourth-order valence-corrected chi connectivity index (χ4v) is 1.01. The van der Waals surface area contributed by atoms with Crippen LogP contribution in [0.15, 0.2) is 4.42 Å². The summed E-state index contributed by atoms with van der Waals surface area (Å²) >= 11 is 0. The van der Waals surface area contributed by atoms with Gasteiger partial charge in [0.05, 0.1) is 5.69 Å². The van der Waals surface area contributed by atoms with Crippen LogP contribution in [0.25, 0.3) is 0 Å². The topological polar surface area (TPSA) is 52.0 Å². The Morgan fingerprint density at radius 2 is 2.27 bits per heavy atom. The molecule has 0 amide bonds. The zero-order valence-electron chi connectivity index (χ0n) is 7.05. The van der Waals surface area contributed by atoms with Crippen LogP contribution in [0.2, 0.25) is 0 Å². The normalized spacial score (nSPS) is 10.5. The number of hydrogen-bond donors (Lipinski definition) is 1. The third kappa shape index (κ3) is 1.80. The zero-order chi connectivity index (χ0) is 8.27. The summed E-state index contributed by atoms with van der Waals surface area (Å²) in [5, 5.41) is 0. The number of hydrogen-bond acceptors (Lipinski definition) is 3. The standard InChI is InChI=1S/C8H14N2O/c1-3-8-10-7(4-5-9)6(2)11-8/h3-5,9H2,1-2H3. The molecule has 0 radical (unpaired) electrons. The largest absolute Gasteiger partial charge is 0.446 e. The molecule has 1 rings (SSSR count). The summed E-state index contributed by atoms with van der Waals surface area (Å²) in [4.78, 5) is 4.27. The molecule has 0 fully saturated rings. The number of nitrogens with two attached hydrogens (primary N) is 1. The van der Waals surface area contributed by atoms with Gasteiger partial charge in [-0.3, -0.25) is 0 Å². The SMILES string of the molecule is CCc1nc(CCN)c(C)o1. The Bertz CT molecular complexity index is 230. The predicted molar refractivity (Wildman–Crippen MR) is 43.4 cm³/mol. The lowest BCUT2D eigenvalue weighted by atomic mass is 10.3. The quantitative estimate of drug-likeness (QED) is 0.707. The molecule has 1 heterocycles. The molecule has 0 aliphatic heterocycles. The molecule has 1 aromatic heterocycles. The average molecular weight is 154 g/mol. The van der Waals surface area contributed by atoms with E-state index in [0.717, 1.165) is 30.2 Å². The molecule has 11 heavy (non-hydrogen) atoms. The first-order valence-corrected chi connectivity index (χ1v) is 3.93. The molecule has 62 valence electrons. The summed E-state index contributed by atoms with van der Waals surface area (Å²) in [6.07, 6.45) is 1.67. The van der Waals surface area contributed by atoms with Gasteiger partial charge in [0.25, 0.3) is 0 Å². The van der Waals surface area contributed by atoms with Crippen molar-refractivity contribution in [2.24, 2.45) is 5.73 Å². The van der Waals surface area contributed by atoms with E-state index in [0.29, 0.717) is 6.54 Å². The van der Waals surface area contributed by atoms with E-state index in [-0.39, 0.29) is 0 Å². The Labute approximate surface area is 66.6 Å². The van der Waals surface area contributed by atoms with Gasteiger partial charge in [-0.25, -0.2) is 4.98 Å². The molecule has 0 spiro atoms. The summed E-state index contributed by atoms with van der Waals surface area (Å²) in [7, 11) is 0. The van der Waals surface area contributed by atoms with Crippen LogP contribution in [0.5, 0.6) is 0 Å². The van der Waals surface area contributed by atoms with Crippen molar-refractivity contribution in [3.8, 4) is 0 Å². The Kier molecular flexibility index (Phi) is 2.65. The molecule has 0 saturated heterocycles. The summed E-state index contributed by atoms with van der Waals surface area (Å²) < 4.78 is 5.35. The highest BCUT2D eigenvalue weighted by Gasteiger charge is 2.05. The van der Waals surface area contributed by atoms with E-state index in [1.165, 1.54) is 0 Å². The Hall–Kier alpha value is -0.830. The van der Waals surface area contributed by atoms with Gasteiger partial charge in [-0.2, -0.15) is 0 Å². The fraction of sp³-hybridized carbons (Fsp3) is 0.625. The van der Waals surface area contributed by atoms with Crippen LogP contribution in [0.1, 0.15) is 24.3 Å². The Morgan fingerprint density at radius 1 is 1.55 bits per heavy atom. The van der Waals surface area contributed by atoms with Gasteiger partial charge in [-0.15, -0.1) is 0 Å². The van der Waals surface area contributed by atoms with Crippen molar-refractivity contribution in [2.75, 3.05) is 6.54 Å². The van der Waals surface area contributed by atoms with E-state index in [9.17, 15) is 0 Å². The van der Waals surface area contributed by atoms with Crippen LogP contribution in [0, 0.1) is 6.92 Å². The Morgan fingerprint density at radius 3 is 2.73 bits per heavy atom. The van der Waals surface area contributed by atoms with E-state index in [1.54, 1.807) is 0 Å². The highest BCUT2D eigenvalue weighted by atomic mass is 16.4. The summed E-state index contributed by atoms with van der Waals surface area (Å²) in [5.41, 5.74) is 6.40. The second-order valence-corrected chi connectivity index (χ2v) is 2.50. The van der Waals surface area contributed by atoms with E-state index in [4.69, 9.17) is 10.2 Å². The van der Waals surface area contributed by atoms with E-state index >= 15 is 0 Å². The van der Waals surface area contributed by atoms with Gasteiger partial charge in [0.1, 0.15) is 5.76 Å². The van der Waals surface area contributed by atoms with E-state index in [1.807, 2.05) is 13.8 Å². The first-order chi connectivity index (χ1) is 5.27. The molecule has 3 heteroatoms. The molecule has 0 atom stereocenters. The first kappa shape index (κ1) is 8.27. The second-order valence-electron chi connectivity index (χ2n) is 2.50. The lowest BCUT2D eigenvalue weighted by molar-refractivity contribution is 0.476. The van der Waals surface area contributed by atoms with Gasteiger partial charge in [0.2, 0.25) is 0 Å². The highest BCUT2D eigenvalue weighted by molar-refractivity contribution is 5.08. The lowest BCUT2D eigenvalue weighted by Crippen LogP contribution is -2.03. The Balaban J connectivity index is 2.79. The van der Waals surface area contributed by atoms with Crippen molar-refractivity contribution in [3.05, 3.63) is 17.3 Å². The number of oxazole rings is 1. The smallest absolute Gasteiger partial charge is 0.194 e. The number of nitrogens with zero attached hydrogens (tertiary/aromatic N) is 1. The highest BCUT2D eigenvalue weighted by Crippen LogP contribution is 2.09. The maximum Gasteiger partial charge on any atom is 0.194 e. The molecule has 1 aromatic rings. The van der Waals surface area contributed by atoms with Gasteiger partial charge < -0.3 is 10.2 Å². The average Bonchev–Trinajstić information content (AvgIpc) is 2.33. The molecular formula is C8H14N2O. The maximum atomic E-state index is 5.40. The van der Waals surface area contributed by atoms with Gasteiger partial charge in [0, 0.05) is 12.8 Å². The van der Waals surface area contributed by atoms with Crippen LogP contribution in [0.3, 0.4) is 0 Å².